The molecule has 0 aliphatic heterocycles. The summed E-state index contributed by atoms with van der Waals surface area (Å²) in [4.78, 5) is 9.54. The van der Waals surface area contributed by atoms with Gasteiger partial charge in [-0.3, -0.25) is 0 Å². The van der Waals surface area contributed by atoms with Crippen LogP contribution in [-0.4, -0.2) is 47.5 Å². The molecule has 0 bridgehead atoms. The van der Waals surface area contributed by atoms with Gasteiger partial charge in [0.05, 0.1) is 0 Å². The maximum Gasteiger partial charge on any atom is 0.205 e. The van der Waals surface area contributed by atoms with Crippen LogP contribution in [0.25, 0.3) is 0 Å². The van der Waals surface area contributed by atoms with Crippen LogP contribution in [0.5, 0.6) is 0 Å². The lowest BCUT2D eigenvalue weighted by atomic mass is 10.1. The van der Waals surface area contributed by atoms with Crippen LogP contribution < -0.4 is 4.90 Å². The summed E-state index contributed by atoms with van der Waals surface area (Å²) in [7, 11) is 4.27. The first-order chi connectivity index (χ1) is 9.56. The van der Waals surface area contributed by atoms with Gasteiger partial charge in [0, 0.05) is 37.1 Å². The molecule has 1 aromatic heterocycles. The molecule has 1 aromatic rings. The van der Waals surface area contributed by atoms with E-state index in [2.05, 4.69) is 42.1 Å². The Balaban J connectivity index is 2.06. The molecule has 0 spiro atoms. The van der Waals surface area contributed by atoms with Gasteiger partial charge in [-0.25, -0.2) is 4.98 Å². The summed E-state index contributed by atoms with van der Waals surface area (Å²) >= 11 is 1.58. The Bertz CT molecular complexity index is 396. The molecule has 1 fully saturated rings. The minimum Gasteiger partial charge on any atom is -0.343 e. The zero-order valence-electron chi connectivity index (χ0n) is 13.3. The van der Waals surface area contributed by atoms with Crippen molar-refractivity contribution in [1.29, 1.82) is 0 Å². The third kappa shape index (κ3) is 4.42. The van der Waals surface area contributed by atoms with Gasteiger partial charge in [0.1, 0.15) is 5.82 Å². The van der Waals surface area contributed by atoms with E-state index in [9.17, 15) is 0 Å². The zero-order valence-corrected chi connectivity index (χ0v) is 14.1. The van der Waals surface area contributed by atoms with E-state index in [1.807, 2.05) is 0 Å². The molecular formula is C15H28N4S. The van der Waals surface area contributed by atoms with Gasteiger partial charge in [-0.1, -0.05) is 26.7 Å². The van der Waals surface area contributed by atoms with Crippen LogP contribution in [0, 0.1) is 5.92 Å². The predicted octanol–water partition coefficient (Wildman–Crippen LogP) is 3.05. The van der Waals surface area contributed by atoms with Crippen molar-refractivity contribution in [3.05, 3.63) is 5.82 Å². The second-order valence-corrected chi connectivity index (χ2v) is 7.26. The van der Waals surface area contributed by atoms with Gasteiger partial charge in [0.25, 0.3) is 0 Å². The summed E-state index contributed by atoms with van der Waals surface area (Å²) < 4.78 is 4.55. The minimum absolute atomic E-state index is 0.624. The number of nitrogens with zero attached hydrogens (tertiary/aromatic N) is 4. The minimum atomic E-state index is 0.624. The molecule has 0 atom stereocenters. The van der Waals surface area contributed by atoms with E-state index in [0.29, 0.717) is 12.0 Å². The summed E-state index contributed by atoms with van der Waals surface area (Å²) in [5.74, 6) is 1.65. The van der Waals surface area contributed by atoms with Crippen LogP contribution in [0.1, 0.15) is 45.4 Å². The smallest absolute Gasteiger partial charge is 0.205 e. The Hall–Kier alpha value is -0.680. The number of hydrogen-bond donors (Lipinski definition) is 0. The molecule has 0 unspecified atom stereocenters. The van der Waals surface area contributed by atoms with Crippen LogP contribution in [0.15, 0.2) is 0 Å². The highest BCUT2D eigenvalue weighted by Gasteiger charge is 2.25. The Kier molecular flexibility index (Phi) is 5.78. The van der Waals surface area contributed by atoms with Gasteiger partial charge >= 0.3 is 0 Å². The molecule has 0 saturated heterocycles. The first-order valence-electron chi connectivity index (χ1n) is 7.80. The van der Waals surface area contributed by atoms with Gasteiger partial charge in [-0.2, -0.15) is 4.37 Å². The summed E-state index contributed by atoms with van der Waals surface area (Å²) in [6.45, 7) is 6.59. The third-order valence-corrected chi connectivity index (χ3v) is 4.64. The molecular weight excluding hydrogens is 268 g/mol. The maximum absolute atomic E-state index is 4.79. The number of anilines is 1. The maximum atomic E-state index is 4.79. The van der Waals surface area contributed by atoms with E-state index in [1.165, 1.54) is 25.7 Å². The van der Waals surface area contributed by atoms with Crippen molar-refractivity contribution in [1.82, 2.24) is 14.3 Å². The number of aromatic nitrogens is 2. The lowest BCUT2D eigenvalue weighted by Crippen LogP contribution is -2.38. The highest BCUT2D eigenvalue weighted by Crippen LogP contribution is 2.29. The first-order valence-corrected chi connectivity index (χ1v) is 8.57. The molecule has 0 aromatic carbocycles. The Morgan fingerprint density at radius 2 is 1.90 bits per heavy atom. The third-order valence-electron chi connectivity index (χ3n) is 3.85. The van der Waals surface area contributed by atoms with Crippen LogP contribution in [0.2, 0.25) is 0 Å². The normalized spacial score (nSPS) is 16.5. The highest BCUT2D eigenvalue weighted by molar-refractivity contribution is 7.09. The molecule has 0 radical (unpaired) electrons. The van der Waals surface area contributed by atoms with Crippen LogP contribution >= 0.6 is 11.5 Å². The predicted molar refractivity (Wildman–Crippen MR) is 86.6 cm³/mol. The quantitative estimate of drug-likeness (QED) is 0.774. The number of hydrogen-bond acceptors (Lipinski definition) is 5. The molecule has 1 heterocycles. The van der Waals surface area contributed by atoms with Crippen molar-refractivity contribution in [2.24, 2.45) is 5.92 Å². The summed E-state index contributed by atoms with van der Waals surface area (Å²) in [6.07, 6.45) is 6.34. The van der Waals surface area contributed by atoms with E-state index >= 15 is 0 Å². The van der Waals surface area contributed by atoms with E-state index in [4.69, 9.17) is 4.98 Å². The SMILES string of the molecule is CC(C)Cc1nsc(N(CCN(C)C)C2CCCC2)n1. The summed E-state index contributed by atoms with van der Waals surface area (Å²) in [6, 6.07) is 0.676. The second kappa shape index (κ2) is 7.36. The van der Waals surface area contributed by atoms with Crippen molar-refractivity contribution in [3.8, 4) is 0 Å². The highest BCUT2D eigenvalue weighted by atomic mass is 32.1. The molecule has 4 nitrogen and oxygen atoms in total. The fraction of sp³-hybridized carbons (Fsp3) is 0.867. The standard InChI is InChI=1S/C15H28N4S/c1-12(2)11-14-16-15(20-17-14)19(10-9-18(3)4)13-7-5-6-8-13/h12-13H,5-11H2,1-4H3. The molecule has 0 amide bonds. The largest absolute Gasteiger partial charge is 0.343 e. The van der Waals surface area contributed by atoms with Gasteiger partial charge in [-0.15, -0.1) is 0 Å². The van der Waals surface area contributed by atoms with Crippen molar-refractivity contribution < 1.29 is 0 Å². The van der Waals surface area contributed by atoms with Gasteiger partial charge in [0.15, 0.2) is 0 Å². The van der Waals surface area contributed by atoms with Gasteiger partial charge in [-0.05, 0) is 32.9 Å². The summed E-state index contributed by atoms with van der Waals surface area (Å²) in [5, 5.41) is 1.13. The molecule has 1 aliphatic carbocycles. The van der Waals surface area contributed by atoms with E-state index in [1.54, 1.807) is 11.5 Å². The molecule has 20 heavy (non-hydrogen) atoms. The van der Waals surface area contributed by atoms with E-state index in [0.717, 1.165) is 30.5 Å². The van der Waals surface area contributed by atoms with Crippen molar-refractivity contribution in [2.75, 3.05) is 32.1 Å². The van der Waals surface area contributed by atoms with Gasteiger partial charge in [0.2, 0.25) is 5.13 Å². The molecule has 0 N–H and O–H groups in total. The summed E-state index contributed by atoms with van der Waals surface area (Å²) in [5.41, 5.74) is 0. The molecule has 114 valence electrons. The van der Waals surface area contributed by atoms with Crippen LogP contribution in [-0.2, 0) is 6.42 Å². The lowest BCUT2D eigenvalue weighted by Gasteiger charge is -2.29. The molecule has 1 saturated carbocycles. The van der Waals surface area contributed by atoms with Crippen molar-refractivity contribution in [2.45, 2.75) is 52.0 Å². The average molecular weight is 296 g/mol. The second-order valence-electron chi connectivity index (χ2n) is 6.53. The fourth-order valence-electron chi connectivity index (χ4n) is 2.77. The molecule has 2 rings (SSSR count). The zero-order chi connectivity index (χ0) is 14.5. The topological polar surface area (TPSA) is 32.3 Å². The van der Waals surface area contributed by atoms with E-state index < -0.39 is 0 Å². The molecule has 1 aliphatic rings. The van der Waals surface area contributed by atoms with E-state index in [-0.39, 0.29) is 0 Å². The number of rotatable bonds is 7. The molecule has 5 heteroatoms. The lowest BCUT2D eigenvalue weighted by molar-refractivity contribution is 0.404. The average Bonchev–Trinajstić information content (AvgIpc) is 3.00. The van der Waals surface area contributed by atoms with Crippen LogP contribution in [0.4, 0.5) is 5.13 Å². The Morgan fingerprint density at radius 1 is 1.20 bits per heavy atom. The van der Waals surface area contributed by atoms with Gasteiger partial charge < -0.3 is 9.80 Å². The van der Waals surface area contributed by atoms with Crippen molar-refractivity contribution in [3.63, 3.8) is 0 Å². The Morgan fingerprint density at radius 3 is 2.50 bits per heavy atom. The van der Waals surface area contributed by atoms with Crippen LogP contribution in [0.3, 0.4) is 0 Å². The fourth-order valence-corrected chi connectivity index (χ4v) is 3.56. The monoisotopic (exact) mass is 296 g/mol. The number of likely N-dealkylation sites (N-methyl/N-ethyl adjacent to an activating group) is 1. The van der Waals surface area contributed by atoms with Crippen molar-refractivity contribution >= 4 is 16.7 Å². The Labute approximate surface area is 127 Å². The first kappa shape index (κ1) is 15.7.